The third-order valence-electron chi connectivity index (χ3n) is 4.34. The third kappa shape index (κ3) is 5.13. The van der Waals surface area contributed by atoms with Gasteiger partial charge in [0.2, 0.25) is 0 Å². The Balaban J connectivity index is 1.56. The third-order valence-corrected chi connectivity index (χ3v) is 4.34. The zero-order chi connectivity index (χ0) is 19.9. The summed E-state index contributed by atoms with van der Waals surface area (Å²) in [5.74, 6) is 1.79. The highest BCUT2D eigenvalue weighted by Gasteiger charge is 2.07. The topological polar surface area (TPSA) is 62.7 Å². The number of hydrogen-bond donors (Lipinski definition) is 2. The normalized spacial score (nSPS) is 10.5. The number of nitrogens with one attached hydrogen (secondary N) is 2. The van der Waals surface area contributed by atoms with Gasteiger partial charge in [-0.1, -0.05) is 48.5 Å². The summed E-state index contributed by atoms with van der Waals surface area (Å²) in [6.45, 7) is 1.14. The van der Waals surface area contributed by atoms with Crippen LogP contribution in [0.15, 0.2) is 85.2 Å². The molecule has 2 aromatic heterocycles. The molecule has 0 unspecified atom stereocenters. The van der Waals surface area contributed by atoms with Crippen molar-refractivity contribution in [3.63, 3.8) is 0 Å². The van der Waals surface area contributed by atoms with Crippen molar-refractivity contribution in [1.29, 1.82) is 0 Å². The van der Waals surface area contributed by atoms with Gasteiger partial charge in [0, 0.05) is 37.1 Å². The number of hydrogen-bond acceptors (Lipinski definition) is 5. The van der Waals surface area contributed by atoms with Gasteiger partial charge in [-0.25, -0.2) is 14.4 Å². The van der Waals surface area contributed by atoms with Crippen molar-refractivity contribution in [2.75, 3.05) is 10.6 Å². The molecular weight excluding hydrogens is 365 g/mol. The van der Waals surface area contributed by atoms with Gasteiger partial charge >= 0.3 is 0 Å². The zero-order valence-electron chi connectivity index (χ0n) is 15.7. The zero-order valence-corrected chi connectivity index (χ0v) is 15.7. The van der Waals surface area contributed by atoms with Crippen molar-refractivity contribution in [2.24, 2.45) is 0 Å². The van der Waals surface area contributed by atoms with E-state index >= 15 is 0 Å². The lowest BCUT2D eigenvalue weighted by molar-refractivity contribution is 0.627. The van der Waals surface area contributed by atoms with Gasteiger partial charge in [0.1, 0.15) is 17.5 Å². The minimum absolute atomic E-state index is 0.246. The summed E-state index contributed by atoms with van der Waals surface area (Å²) in [7, 11) is 0. The number of rotatable bonds is 7. The molecule has 0 bridgehead atoms. The summed E-state index contributed by atoms with van der Waals surface area (Å²) < 4.78 is 13.1. The lowest BCUT2D eigenvalue weighted by Crippen LogP contribution is -2.07. The molecule has 0 fully saturated rings. The molecule has 0 spiro atoms. The number of benzene rings is 2. The molecule has 0 atom stereocenters. The molecule has 0 saturated heterocycles. The predicted molar refractivity (Wildman–Crippen MR) is 113 cm³/mol. The van der Waals surface area contributed by atoms with Crippen LogP contribution in [0.1, 0.15) is 11.1 Å². The number of anilines is 2. The standard InChI is InChI=1S/C23H20FN5/c24-20-10-8-17(9-11-20)15-26-21-13-22(27-16-18-5-4-12-25-14-18)29-23(28-21)19-6-2-1-3-7-19/h1-14H,15-16H2,(H2,26,27,28,29). The van der Waals surface area contributed by atoms with Gasteiger partial charge in [-0.3, -0.25) is 4.98 Å². The second kappa shape index (κ2) is 8.93. The molecule has 2 aromatic carbocycles. The van der Waals surface area contributed by atoms with Gasteiger partial charge in [-0.05, 0) is 29.3 Å². The number of nitrogens with zero attached hydrogens (tertiary/aromatic N) is 3. The van der Waals surface area contributed by atoms with E-state index in [9.17, 15) is 4.39 Å². The van der Waals surface area contributed by atoms with Crippen LogP contribution >= 0.6 is 0 Å². The van der Waals surface area contributed by atoms with Crippen molar-refractivity contribution >= 4 is 11.6 Å². The fraction of sp³-hybridized carbons (Fsp3) is 0.0870. The van der Waals surface area contributed by atoms with E-state index in [1.54, 1.807) is 18.3 Å². The Kier molecular flexibility index (Phi) is 5.71. The maximum Gasteiger partial charge on any atom is 0.163 e. The van der Waals surface area contributed by atoms with Crippen LogP contribution in [-0.4, -0.2) is 15.0 Å². The molecule has 0 radical (unpaired) electrons. The molecule has 2 N–H and O–H groups in total. The van der Waals surface area contributed by atoms with Crippen LogP contribution in [0, 0.1) is 5.82 Å². The van der Waals surface area contributed by atoms with Gasteiger partial charge < -0.3 is 10.6 Å². The van der Waals surface area contributed by atoms with Crippen LogP contribution in [0.3, 0.4) is 0 Å². The second-order valence-corrected chi connectivity index (χ2v) is 6.52. The monoisotopic (exact) mass is 385 g/mol. The summed E-state index contributed by atoms with van der Waals surface area (Å²) in [4.78, 5) is 13.4. The quantitative estimate of drug-likeness (QED) is 0.474. The Hall–Kier alpha value is -3.80. The Labute approximate surface area is 168 Å². The van der Waals surface area contributed by atoms with Crippen LogP contribution in [0.4, 0.5) is 16.0 Å². The largest absolute Gasteiger partial charge is 0.366 e. The minimum atomic E-state index is -0.246. The fourth-order valence-corrected chi connectivity index (χ4v) is 2.83. The lowest BCUT2D eigenvalue weighted by Gasteiger charge is -2.12. The van der Waals surface area contributed by atoms with E-state index in [-0.39, 0.29) is 5.82 Å². The van der Waals surface area contributed by atoms with Gasteiger partial charge in [-0.2, -0.15) is 0 Å². The molecule has 29 heavy (non-hydrogen) atoms. The van der Waals surface area contributed by atoms with Crippen molar-refractivity contribution in [3.05, 3.63) is 102 Å². The molecular formula is C23H20FN5. The first-order chi connectivity index (χ1) is 14.3. The van der Waals surface area contributed by atoms with Gasteiger partial charge in [0.15, 0.2) is 5.82 Å². The molecule has 5 nitrogen and oxygen atoms in total. The van der Waals surface area contributed by atoms with Crippen molar-refractivity contribution in [2.45, 2.75) is 13.1 Å². The van der Waals surface area contributed by atoms with Crippen molar-refractivity contribution in [3.8, 4) is 11.4 Å². The van der Waals surface area contributed by atoms with Gasteiger partial charge in [0.05, 0.1) is 0 Å². The SMILES string of the molecule is Fc1ccc(CNc2cc(NCc3cccnc3)nc(-c3ccccc3)n2)cc1. The Morgan fingerprint density at radius 2 is 1.41 bits per heavy atom. The minimum Gasteiger partial charge on any atom is -0.366 e. The van der Waals surface area contributed by atoms with Crippen LogP contribution in [-0.2, 0) is 13.1 Å². The molecule has 0 amide bonds. The van der Waals surface area contributed by atoms with Gasteiger partial charge in [-0.15, -0.1) is 0 Å². The van der Waals surface area contributed by atoms with E-state index in [2.05, 4.69) is 25.6 Å². The summed E-state index contributed by atoms with van der Waals surface area (Å²) in [6, 6.07) is 22.0. The van der Waals surface area contributed by atoms with Crippen LogP contribution in [0.25, 0.3) is 11.4 Å². The van der Waals surface area contributed by atoms with Crippen LogP contribution < -0.4 is 10.6 Å². The highest BCUT2D eigenvalue weighted by Crippen LogP contribution is 2.21. The molecule has 144 valence electrons. The fourth-order valence-electron chi connectivity index (χ4n) is 2.83. The maximum atomic E-state index is 13.1. The Morgan fingerprint density at radius 1 is 0.724 bits per heavy atom. The summed E-state index contributed by atoms with van der Waals surface area (Å²) in [5.41, 5.74) is 2.96. The average molecular weight is 385 g/mol. The van der Waals surface area contributed by atoms with Crippen LogP contribution in [0.2, 0.25) is 0 Å². The highest BCUT2D eigenvalue weighted by molar-refractivity contribution is 5.61. The van der Waals surface area contributed by atoms with E-state index in [1.165, 1.54) is 12.1 Å². The Morgan fingerprint density at radius 3 is 2.07 bits per heavy atom. The number of pyridine rings is 1. The van der Waals surface area contributed by atoms with E-state index < -0.39 is 0 Å². The first-order valence-electron chi connectivity index (χ1n) is 9.32. The highest BCUT2D eigenvalue weighted by atomic mass is 19.1. The summed E-state index contributed by atoms with van der Waals surface area (Å²) in [5, 5.41) is 6.64. The number of halogens is 1. The number of aromatic nitrogens is 3. The van der Waals surface area contributed by atoms with Gasteiger partial charge in [0.25, 0.3) is 0 Å². The molecule has 0 aliphatic heterocycles. The van der Waals surface area contributed by atoms with Crippen molar-refractivity contribution in [1.82, 2.24) is 15.0 Å². The Bertz CT molecular complexity index is 1050. The smallest absolute Gasteiger partial charge is 0.163 e. The van der Waals surface area contributed by atoms with Crippen molar-refractivity contribution < 1.29 is 4.39 Å². The molecule has 4 rings (SSSR count). The molecule has 0 saturated carbocycles. The van der Waals surface area contributed by atoms with Crippen LogP contribution in [0.5, 0.6) is 0 Å². The summed E-state index contributed by atoms with van der Waals surface area (Å²) >= 11 is 0. The molecule has 0 aliphatic rings. The maximum absolute atomic E-state index is 13.1. The van der Waals surface area contributed by atoms with E-state index in [1.807, 2.05) is 54.7 Å². The molecule has 2 heterocycles. The van der Waals surface area contributed by atoms with E-state index in [4.69, 9.17) is 0 Å². The molecule has 4 aromatic rings. The average Bonchev–Trinajstić information content (AvgIpc) is 2.78. The second-order valence-electron chi connectivity index (χ2n) is 6.52. The lowest BCUT2D eigenvalue weighted by atomic mass is 10.2. The van der Waals surface area contributed by atoms with E-state index in [0.717, 1.165) is 16.7 Å². The first kappa shape index (κ1) is 18.6. The summed E-state index contributed by atoms with van der Waals surface area (Å²) in [6.07, 6.45) is 3.57. The van der Waals surface area contributed by atoms with E-state index in [0.29, 0.717) is 30.5 Å². The predicted octanol–water partition coefficient (Wildman–Crippen LogP) is 4.90. The first-order valence-corrected chi connectivity index (χ1v) is 9.32. The molecule has 6 heteroatoms. The molecule has 0 aliphatic carbocycles.